The van der Waals surface area contributed by atoms with Gasteiger partial charge in [-0.1, -0.05) is 6.08 Å². The Bertz CT molecular complexity index is 135. The lowest BCUT2D eigenvalue weighted by molar-refractivity contribution is -0.151. The molecule has 1 aliphatic rings. The Balaban J connectivity index is 0.000000236. The highest BCUT2D eigenvalue weighted by atomic mass is 16.6. The Kier molecular flexibility index (Phi) is 4.20. The van der Waals surface area contributed by atoms with Crippen molar-refractivity contribution < 1.29 is 14.3 Å². The third-order valence-electron chi connectivity index (χ3n) is 0.761. The highest BCUT2D eigenvalue weighted by molar-refractivity contribution is 5.92. The minimum atomic E-state index is -0.398. The van der Waals surface area contributed by atoms with Crippen LogP contribution in [0, 0.1) is 0 Å². The highest BCUT2D eigenvalue weighted by Crippen LogP contribution is 2.03. The molecule has 0 aromatic carbocycles. The summed E-state index contributed by atoms with van der Waals surface area (Å²) < 4.78 is 4.08. The van der Waals surface area contributed by atoms with Crippen molar-refractivity contribution in [2.75, 3.05) is 0 Å². The van der Waals surface area contributed by atoms with Crippen LogP contribution in [0.1, 0.15) is 19.8 Å². The predicted molar refractivity (Wildman–Crippen MR) is 36.2 cm³/mol. The van der Waals surface area contributed by atoms with Gasteiger partial charge in [-0.25, -0.2) is 0 Å². The zero-order chi connectivity index (χ0) is 7.98. The normalized spacial score (nSPS) is 15.3. The second-order valence-corrected chi connectivity index (χ2v) is 1.75. The number of cyclic esters (lactones) is 2. The maximum atomic E-state index is 10.0. The first kappa shape index (κ1) is 8.88. The molecule has 3 heteroatoms. The molecule has 0 N–H and O–H groups in total. The monoisotopic (exact) mass is 142 g/mol. The van der Waals surface area contributed by atoms with E-state index in [0.717, 1.165) is 0 Å². The number of ether oxygens (including phenoxy) is 1. The summed E-state index contributed by atoms with van der Waals surface area (Å²) in [5.41, 5.74) is 0. The maximum Gasteiger partial charge on any atom is 0.314 e. The van der Waals surface area contributed by atoms with Crippen LogP contribution in [0.25, 0.3) is 0 Å². The lowest BCUT2D eigenvalue weighted by Gasteiger charge is -1.79. The van der Waals surface area contributed by atoms with Gasteiger partial charge in [0, 0.05) is 0 Å². The maximum absolute atomic E-state index is 10.0. The Morgan fingerprint density at radius 1 is 1.40 bits per heavy atom. The van der Waals surface area contributed by atoms with Gasteiger partial charge in [0.2, 0.25) is 0 Å². The molecule has 0 unspecified atom stereocenters. The van der Waals surface area contributed by atoms with Crippen molar-refractivity contribution >= 4 is 11.9 Å². The second-order valence-electron chi connectivity index (χ2n) is 1.75. The molecule has 1 saturated heterocycles. The number of carbonyl (C=O) groups excluding carboxylic acids is 2. The molecule has 0 aliphatic carbocycles. The van der Waals surface area contributed by atoms with Gasteiger partial charge in [-0.15, -0.1) is 6.58 Å². The minimum absolute atomic E-state index is 0.263. The molecule has 0 spiro atoms. The van der Waals surface area contributed by atoms with E-state index >= 15 is 0 Å². The number of carbonyl (C=O) groups is 2. The predicted octanol–water partition coefficient (Wildman–Crippen LogP) is 1.04. The molecule has 10 heavy (non-hydrogen) atoms. The van der Waals surface area contributed by atoms with Gasteiger partial charge < -0.3 is 4.74 Å². The molecular formula is C7H10O3. The molecule has 0 amide bonds. The van der Waals surface area contributed by atoms with Crippen LogP contribution in [0.5, 0.6) is 0 Å². The molecular weight excluding hydrogens is 132 g/mol. The molecule has 0 aromatic rings. The van der Waals surface area contributed by atoms with E-state index in [9.17, 15) is 9.59 Å². The van der Waals surface area contributed by atoms with Gasteiger partial charge in [-0.3, -0.25) is 9.59 Å². The summed E-state index contributed by atoms with van der Waals surface area (Å²) in [4.78, 5) is 20.0. The van der Waals surface area contributed by atoms with Crippen LogP contribution >= 0.6 is 0 Å². The number of rotatable bonds is 0. The van der Waals surface area contributed by atoms with Crippen molar-refractivity contribution in [1.29, 1.82) is 0 Å². The van der Waals surface area contributed by atoms with E-state index in [0.29, 0.717) is 0 Å². The largest absolute Gasteiger partial charge is 0.393 e. The standard InChI is InChI=1S/C4H4O3.C3H6/c5-3-1-2-4(6)7-3;1-3-2/h1-2H2;3H,1H2,2H3. The van der Waals surface area contributed by atoms with Gasteiger partial charge in [0.05, 0.1) is 12.8 Å². The summed E-state index contributed by atoms with van der Waals surface area (Å²) in [6, 6.07) is 0. The fraction of sp³-hybridized carbons (Fsp3) is 0.429. The quantitative estimate of drug-likeness (QED) is 0.288. The van der Waals surface area contributed by atoms with Crippen LogP contribution in [-0.4, -0.2) is 11.9 Å². The summed E-state index contributed by atoms with van der Waals surface area (Å²) in [6.45, 7) is 5.25. The molecule has 3 nitrogen and oxygen atoms in total. The van der Waals surface area contributed by atoms with E-state index in [4.69, 9.17) is 0 Å². The van der Waals surface area contributed by atoms with Crippen molar-refractivity contribution in [3.8, 4) is 0 Å². The second kappa shape index (κ2) is 4.73. The van der Waals surface area contributed by atoms with Crippen LogP contribution in [-0.2, 0) is 14.3 Å². The summed E-state index contributed by atoms with van der Waals surface area (Å²) >= 11 is 0. The van der Waals surface area contributed by atoms with E-state index in [1.54, 1.807) is 6.08 Å². The number of hydrogen-bond donors (Lipinski definition) is 0. The number of hydrogen-bond acceptors (Lipinski definition) is 3. The fourth-order valence-corrected chi connectivity index (χ4v) is 0.433. The Labute approximate surface area is 59.7 Å². The summed E-state index contributed by atoms with van der Waals surface area (Å²) in [6.07, 6.45) is 2.28. The van der Waals surface area contributed by atoms with Gasteiger partial charge in [-0.2, -0.15) is 0 Å². The fourth-order valence-electron chi connectivity index (χ4n) is 0.433. The van der Waals surface area contributed by atoms with Gasteiger partial charge in [0.15, 0.2) is 0 Å². The molecule has 0 radical (unpaired) electrons. The van der Waals surface area contributed by atoms with Crippen molar-refractivity contribution in [2.45, 2.75) is 19.8 Å². The van der Waals surface area contributed by atoms with Gasteiger partial charge in [0.25, 0.3) is 0 Å². The number of allylic oxidation sites excluding steroid dienone is 1. The molecule has 0 bridgehead atoms. The summed E-state index contributed by atoms with van der Waals surface area (Å²) in [5, 5.41) is 0. The van der Waals surface area contributed by atoms with Gasteiger partial charge >= 0.3 is 11.9 Å². The van der Waals surface area contributed by atoms with Crippen LogP contribution in [0.3, 0.4) is 0 Å². The van der Waals surface area contributed by atoms with Gasteiger partial charge in [-0.05, 0) is 6.92 Å². The number of esters is 2. The molecule has 1 heterocycles. The molecule has 1 aliphatic heterocycles. The lowest BCUT2D eigenvalue weighted by atomic mass is 10.4. The summed E-state index contributed by atoms with van der Waals surface area (Å²) in [5.74, 6) is -0.796. The van der Waals surface area contributed by atoms with E-state index in [-0.39, 0.29) is 12.8 Å². The Morgan fingerprint density at radius 2 is 1.70 bits per heavy atom. The zero-order valence-electron chi connectivity index (χ0n) is 5.92. The van der Waals surface area contributed by atoms with E-state index in [1.807, 2.05) is 6.92 Å². The van der Waals surface area contributed by atoms with E-state index in [2.05, 4.69) is 11.3 Å². The molecule has 56 valence electrons. The minimum Gasteiger partial charge on any atom is -0.393 e. The Hall–Kier alpha value is -1.12. The van der Waals surface area contributed by atoms with Crippen LogP contribution < -0.4 is 0 Å². The first-order valence-corrected chi connectivity index (χ1v) is 3.01. The third kappa shape index (κ3) is 3.83. The lowest BCUT2D eigenvalue weighted by Crippen LogP contribution is -1.94. The van der Waals surface area contributed by atoms with Crippen molar-refractivity contribution in [1.82, 2.24) is 0 Å². The first-order chi connectivity index (χ1) is 4.70. The smallest absolute Gasteiger partial charge is 0.314 e. The molecule has 0 aromatic heterocycles. The van der Waals surface area contributed by atoms with E-state index < -0.39 is 11.9 Å². The van der Waals surface area contributed by atoms with Crippen LogP contribution in [0.4, 0.5) is 0 Å². The topological polar surface area (TPSA) is 43.4 Å². The average Bonchev–Trinajstić information content (AvgIpc) is 2.17. The van der Waals surface area contributed by atoms with Crippen molar-refractivity contribution in [3.05, 3.63) is 12.7 Å². The molecule has 1 fully saturated rings. The Morgan fingerprint density at radius 3 is 1.80 bits per heavy atom. The summed E-state index contributed by atoms with van der Waals surface area (Å²) in [7, 11) is 0. The molecule has 0 atom stereocenters. The van der Waals surface area contributed by atoms with E-state index in [1.165, 1.54) is 0 Å². The van der Waals surface area contributed by atoms with Crippen molar-refractivity contribution in [2.24, 2.45) is 0 Å². The third-order valence-corrected chi connectivity index (χ3v) is 0.761. The van der Waals surface area contributed by atoms with Crippen molar-refractivity contribution in [3.63, 3.8) is 0 Å². The van der Waals surface area contributed by atoms with Crippen LogP contribution in [0.2, 0.25) is 0 Å². The highest BCUT2D eigenvalue weighted by Gasteiger charge is 2.19. The molecule has 1 rings (SSSR count). The first-order valence-electron chi connectivity index (χ1n) is 3.01. The average molecular weight is 142 g/mol. The molecule has 0 saturated carbocycles. The SMILES string of the molecule is C=CC.O=C1CCC(=O)O1. The van der Waals surface area contributed by atoms with Crippen LogP contribution in [0.15, 0.2) is 12.7 Å². The van der Waals surface area contributed by atoms with Gasteiger partial charge in [0.1, 0.15) is 0 Å². The zero-order valence-corrected chi connectivity index (χ0v) is 5.92.